The second kappa shape index (κ2) is 4.62. The van der Waals surface area contributed by atoms with Crippen molar-refractivity contribution >= 4 is 33.3 Å². The molecule has 0 aliphatic carbocycles. The monoisotopic (exact) mass is 273 g/mol. The van der Waals surface area contributed by atoms with E-state index in [-0.39, 0.29) is 5.56 Å². The smallest absolute Gasteiger partial charge is 0.349 e. The van der Waals surface area contributed by atoms with Crippen molar-refractivity contribution in [2.75, 3.05) is 5.32 Å². The van der Waals surface area contributed by atoms with E-state index >= 15 is 0 Å². The van der Waals surface area contributed by atoms with Crippen molar-refractivity contribution in [3.8, 4) is 0 Å². The van der Waals surface area contributed by atoms with Gasteiger partial charge in [-0.05, 0) is 12.1 Å². The maximum absolute atomic E-state index is 11.9. The molecule has 1 N–H and O–H groups in total. The molecule has 6 nitrogen and oxygen atoms in total. The number of hydrogen-bond acceptors (Lipinski definition) is 6. The summed E-state index contributed by atoms with van der Waals surface area (Å²) in [6.45, 7) is 0. The van der Waals surface area contributed by atoms with E-state index in [1.165, 1.54) is 22.9 Å². The Kier molecular flexibility index (Phi) is 2.81. The predicted molar refractivity (Wildman–Crippen MR) is 70.3 cm³/mol. The van der Waals surface area contributed by atoms with Crippen molar-refractivity contribution in [2.24, 2.45) is 0 Å². The zero-order valence-corrected chi connectivity index (χ0v) is 10.3. The van der Waals surface area contributed by atoms with E-state index in [9.17, 15) is 9.59 Å². The molecular formula is C12H7N3O3S. The summed E-state index contributed by atoms with van der Waals surface area (Å²) in [5, 5.41) is 10.8. The molecule has 0 fully saturated rings. The number of rotatable bonds is 2. The highest BCUT2D eigenvalue weighted by Gasteiger charge is 2.14. The van der Waals surface area contributed by atoms with Crippen molar-refractivity contribution in [1.29, 1.82) is 0 Å². The van der Waals surface area contributed by atoms with Crippen LogP contribution in [0, 0.1) is 0 Å². The van der Waals surface area contributed by atoms with Gasteiger partial charge in [0.1, 0.15) is 16.7 Å². The van der Waals surface area contributed by atoms with Crippen LogP contribution < -0.4 is 10.9 Å². The summed E-state index contributed by atoms with van der Waals surface area (Å²) in [5.74, 6) is -0.559. The number of amides is 1. The van der Waals surface area contributed by atoms with E-state index in [2.05, 4.69) is 15.5 Å². The highest BCUT2D eigenvalue weighted by molar-refractivity contribution is 7.13. The highest BCUT2D eigenvalue weighted by Crippen LogP contribution is 2.14. The summed E-state index contributed by atoms with van der Waals surface area (Å²) in [7, 11) is 0. The molecule has 0 bridgehead atoms. The molecule has 7 heteroatoms. The first kappa shape index (κ1) is 11.5. The van der Waals surface area contributed by atoms with E-state index in [0.717, 1.165) is 0 Å². The van der Waals surface area contributed by atoms with Gasteiger partial charge in [0.25, 0.3) is 5.91 Å². The third-order valence-corrected chi connectivity index (χ3v) is 3.07. The topological polar surface area (TPSA) is 85.1 Å². The summed E-state index contributed by atoms with van der Waals surface area (Å²) >= 11 is 1.17. The minimum Gasteiger partial charge on any atom is -0.422 e. The molecule has 0 radical (unpaired) electrons. The van der Waals surface area contributed by atoms with Crippen LogP contribution in [-0.2, 0) is 0 Å². The Morgan fingerprint density at radius 3 is 2.95 bits per heavy atom. The van der Waals surface area contributed by atoms with E-state index in [4.69, 9.17) is 4.42 Å². The van der Waals surface area contributed by atoms with Crippen LogP contribution in [0.1, 0.15) is 10.4 Å². The van der Waals surface area contributed by atoms with Gasteiger partial charge >= 0.3 is 5.63 Å². The average Bonchev–Trinajstić information content (AvgIpc) is 2.90. The van der Waals surface area contributed by atoms with E-state index in [1.807, 2.05) is 0 Å². The van der Waals surface area contributed by atoms with Crippen LogP contribution in [0.4, 0.5) is 5.13 Å². The van der Waals surface area contributed by atoms with E-state index < -0.39 is 11.5 Å². The molecule has 19 heavy (non-hydrogen) atoms. The Hall–Kier alpha value is -2.54. The van der Waals surface area contributed by atoms with Gasteiger partial charge in [0, 0.05) is 5.39 Å². The van der Waals surface area contributed by atoms with Crippen LogP contribution in [0.25, 0.3) is 11.0 Å². The number of carbonyl (C=O) groups excluding carboxylic acids is 1. The van der Waals surface area contributed by atoms with Gasteiger partial charge in [-0.25, -0.2) is 4.79 Å². The van der Waals surface area contributed by atoms with Gasteiger partial charge in [-0.3, -0.25) is 10.1 Å². The lowest BCUT2D eigenvalue weighted by Gasteiger charge is -2.01. The van der Waals surface area contributed by atoms with E-state index in [1.54, 1.807) is 24.3 Å². The number of para-hydroxylation sites is 1. The molecule has 94 valence electrons. The summed E-state index contributed by atoms with van der Waals surface area (Å²) in [6, 6.07) is 8.49. The number of carbonyl (C=O) groups is 1. The lowest BCUT2D eigenvalue weighted by molar-refractivity contribution is 0.102. The van der Waals surface area contributed by atoms with Crippen molar-refractivity contribution in [1.82, 2.24) is 10.2 Å². The molecule has 0 aliphatic heterocycles. The van der Waals surface area contributed by atoms with Gasteiger partial charge in [-0.15, -0.1) is 10.2 Å². The molecule has 3 aromatic rings. The molecule has 1 aromatic carbocycles. The Bertz CT molecular complexity index is 795. The second-order valence-corrected chi connectivity index (χ2v) is 4.52. The number of nitrogens with one attached hydrogen (secondary N) is 1. The van der Waals surface area contributed by atoms with Crippen molar-refractivity contribution in [3.05, 3.63) is 51.8 Å². The largest absolute Gasteiger partial charge is 0.422 e. The Balaban J connectivity index is 2.02. The summed E-state index contributed by atoms with van der Waals surface area (Å²) in [4.78, 5) is 23.7. The quantitative estimate of drug-likeness (QED) is 0.721. The van der Waals surface area contributed by atoms with Gasteiger partial charge in [0.2, 0.25) is 5.13 Å². The van der Waals surface area contributed by atoms with Crippen LogP contribution in [-0.4, -0.2) is 16.1 Å². The van der Waals surface area contributed by atoms with Gasteiger partial charge in [0.15, 0.2) is 0 Å². The number of fused-ring (bicyclic) bond motifs is 1. The first-order chi connectivity index (χ1) is 9.24. The zero-order valence-electron chi connectivity index (χ0n) is 9.49. The van der Waals surface area contributed by atoms with Crippen LogP contribution in [0.2, 0.25) is 0 Å². The molecule has 0 saturated carbocycles. The maximum Gasteiger partial charge on any atom is 0.349 e. The molecule has 2 heterocycles. The minimum atomic E-state index is -0.680. The van der Waals surface area contributed by atoms with Crippen molar-refractivity contribution < 1.29 is 9.21 Å². The van der Waals surface area contributed by atoms with Gasteiger partial charge < -0.3 is 4.42 Å². The number of benzene rings is 1. The number of aromatic nitrogens is 2. The molecule has 3 rings (SSSR count). The fourth-order valence-electron chi connectivity index (χ4n) is 1.61. The number of hydrogen-bond donors (Lipinski definition) is 1. The third-order valence-electron chi connectivity index (χ3n) is 2.47. The molecule has 0 aliphatic rings. The molecular weight excluding hydrogens is 266 g/mol. The minimum absolute atomic E-state index is 0.0612. The van der Waals surface area contributed by atoms with Crippen LogP contribution in [0.15, 0.2) is 45.1 Å². The molecule has 0 atom stereocenters. The SMILES string of the molecule is O=C(Nc1nncs1)c1cc2ccccc2oc1=O. The number of anilines is 1. The second-order valence-electron chi connectivity index (χ2n) is 3.68. The zero-order chi connectivity index (χ0) is 13.2. The van der Waals surface area contributed by atoms with Crippen LogP contribution in [0.5, 0.6) is 0 Å². The molecule has 0 spiro atoms. The van der Waals surface area contributed by atoms with Gasteiger partial charge in [-0.2, -0.15) is 0 Å². The summed E-state index contributed by atoms with van der Waals surface area (Å²) in [6.07, 6.45) is 0. The van der Waals surface area contributed by atoms with Gasteiger partial charge in [0.05, 0.1) is 0 Å². The first-order valence-electron chi connectivity index (χ1n) is 5.34. The van der Waals surface area contributed by atoms with Crippen LogP contribution in [0.3, 0.4) is 0 Å². The predicted octanol–water partition coefficient (Wildman–Crippen LogP) is 1.90. The summed E-state index contributed by atoms with van der Waals surface area (Å²) in [5.41, 5.74) is 1.19. The highest BCUT2D eigenvalue weighted by atomic mass is 32.1. The maximum atomic E-state index is 11.9. The Labute approximate surface area is 110 Å². The fourth-order valence-corrected chi connectivity index (χ4v) is 2.05. The first-order valence-corrected chi connectivity index (χ1v) is 6.22. The van der Waals surface area contributed by atoms with E-state index in [0.29, 0.717) is 16.1 Å². The normalized spacial score (nSPS) is 10.5. The Morgan fingerprint density at radius 1 is 1.32 bits per heavy atom. The van der Waals surface area contributed by atoms with Gasteiger partial charge in [-0.1, -0.05) is 29.5 Å². The standard InChI is InChI=1S/C12H7N3O3S/c16-10(14-12-15-13-6-19-12)8-5-7-3-1-2-4-9(7)18-11(8)17/h1-6H,(H,14,15,16). The molecule has 1 amide bonds. The Morgan fingerprint density at radius 2 is 2.16 bits per heavy atom. The lowest BCUT2D eigenvalue weighted by Crippen LogP contribution is -2.20. The third kappa shape index (κ3) is 2.23. The lowest BCUT2D eigenvalue weighted by atomic mass is 10.2. The average molecular weight is 273 g/mol. The molecule has 2 aromatic heterocycles. The fraction of sp³-hybridized carbons (Fsp3) is 0. The van der Waals surface area contributed by atoms with Crippen LogP contribution >= 0.6 is 11.3 Å². The van der Waals surface area contributed by atoms with Crippen molar-refractivity contribution in [3.63, 3.8) is 0 Å². The summed E-state index contributed by atoms with van der Waals surface area (Å²) < 4.78 is 5.08. The molecule has 0 saturated heterocycles. The number of nitrogens with zero attached hydrogens (tertiary/aromatic N) is 2. The van der Waals surface area contributed by atoms with Crippen molar-refractivity contribution in [2.45, 2.75) is 0 Å². The molecule has 0 unspecified atom stereocenters.